The van der Waals surface area contributed by atoms with E-state index < -0.39 is 0 Å². The average Bonchev–Trinajstić information content (AvgIpc) is 2.15. The Morgan fingerprint density at radius 1 is 1.21 bits per heavy atom. The Hall–Kier alpha value is -1.02. The van der Waals surface area contributed by atoms with E-state index in [9.17, 15) is 0 Å². The van der Waals surface area contributed by atoms with Crippen molar-refractivity contribution in [1.29, 1.82) is 0 Å². The molecule has 1 aromatic rings. The number of benzene rings is 1. The first-order chi connectivity index (χ1) is 6.61. The van der Waals surface area contributed by atoms with Crippen molar-refractivity contribution in [3.8, 4) is 5.75 Å². The lowest BCUT2D eigenvalue weighted by Gasteiger charge is -2.14. The summed E-state index contributed by atoms with van der Waals surface area (Å²) in [5, 5.41) is 0. The van der Waals surface area contributed by atoms with Crippen molar-refractivity contribution < 1.29 is 4.74 Å². The van der Waals surface area contributed by atoms with Gasteiger partial charge in [-0.2, -0.15) is 0 Å². The van der Waals surface area contributed by atoms with Crippen molar-refractivity contribution in [3.63, 3.8) is 0 Å². The lowest BCUT2D eigenvalue weighted by Crippen LogP contribution is -2.10. The van der Waals surface area contributed by atoms with E-state index in [0.717, 1.165) is 17.9 Å². The Morgan fingerprint density at radius 3 is 2.43 bits per heavy atom. The van der Waals surface area contributed by atoms with Gasteiger partial charge in [0.1, 0.15) is 5.75 Å². The zero-order valence-corrected chi connectivity index (χ0v) is 9.16. The summed E-state index contributed by atoms with van der Waals surface area (Å²) in [6.45, 7) is 6.98. The quantitative estimate of drug-likeness (QED) is 0.798. The zero-order valence-electron chi connectivity index (χ0n) is 9.16. The molecule has 1 rings (SSSR count). The van der Waals surface area contributed by atoms with E-state index in [4.69, 9.17) is 10.5 Å². The summed E-state index contributed by atoms with van der Waals surface area (Å²) in [5.74, 6) is 1.45. The Labute approximate surface area is 86.1 Å². The summed E-state index contributed by atoms with van der Waals surface area (Å²) >= 11 is 0. The second-order valence-electron chi connectivity index (χ2n) is 4.03. The molecule has 0 saturated heterocycles. The fourth-order valence-corrected chi connectivity index (χ4v) is 1.24. The summed E-state index contributed by atoms with van der Waals surface area (Å²) in [6.07, 6.45) is 0. The lowest BCUT2D eigenvalue weighted by atomic mass is 10.1. The minimum absolute atomic E-state index is 0.0263. The number of para-hydroxylation sites is 1. The van der Waals surface area contributed by atoms with Crippen LogP contribution >= 0.6 is 0 Å². The molecule has 0 aromatic heterocycles. The number of ether oxygens (including phenoxy) is 1. The van der Waals surface area contributed by atoms with Crippen molar-refractivity contribution in [3.05, 3.63) is 29.8 Å². The second-order valence-corrected chi connectivity index (χ2v) is 4.03. The molecule has 0 heterocycles. The SMILES string of the molecule is CC(C)COc1ccccc1C(C)N. The summed E-state index contributed by atoms with van der Waals surface area (Å²) < 4.78 is 5.68. The van der Waals surface area contributed by atoms with Gasteiger partial charge in [0.05, 0.1) is 6.61 Å². The predicted molar refractivity (Wildman–Crippen MR) is 59.4 cm³/mol. The van der Waals surface area contributed by atoms with E-state index in [-0.39, 0.29) is 6.04 Å². The molecule has 0 radical (unpaired) electrons. The van der Waals surface area contributed by atoms with Crippen molar-refractivity contribution in [2.45, 2.75) is 26.8 Å². The minimum Gasteiger partial charge on any atom is -0.493 e. The highest BCUT2D eigenvalue weighted by Crippen LogP contribution is 2.23. The standard InChI is InChI=1S/C12H19NO/c1-9(2)8-14-12-7-5-4-6-11(12)10(3)13/h4-7,9-10H,8,13H2,1-3H3. The minimum atomic E-state index is 0.0263. The van der Waals surface area contributed by atoms with E-state index in [0.29, 0.717) is 5.92 Å². The van der Waals surface area contributed by atoms with Gasteiger partial charge in [-0.15, -0.1) is 0 Å². The van der Waals surface area contributed by atoms with Gasteiger partial charge in [-0.1, -0.05) is 32.0 Å². The molecule has 0 bridgehead atoms. The third-order valence-electron chi connectivity index (χ3n) is 1.98. The van der Waals surface area contributed by atoms with Gasteiger partial charge in [0.2, 0.25) is 0 Å². The summed E-state index contributed by atoms with van der Waals surface area (Å²) in [5.41, 5.74) is 6.92. The molecule has 0 amide bonds. The normalized spacial score (nSPS) is 12.9. The Bertz CT molecular complexity index is 281. The molecule has 2 nitrogen and oxygen atoms in total. The van der Waals surface area contributed by atoms with Gasteiger partial charge in [0.25, 0.3) is 0 Å². The van der Waals surface area contributed by atoms with Crippen LogP contribution in [-0.4, -0.2) is 6.61 Å². The number of hydrogen-bond acceptors (Lipinski definition) is 2. The third kappa shape index (κ3) is 3.04. The maximum atomic E-state index is 5.84. The molecular weight excluding hydrogens is 174 g/mol. The van der Waals surface area contributed by atoms with E-state index in [2.05, 4.69) is 13.8 Å². The summed E-state index contributed by atoms with van der Waals surface area (Å²) in [7, 11) is 0. The predicted octanol–water partition coefficient (Wildman–Crippen LogP) is 2.74. The van der Waals surface area contributed by atoms with Gasteiger partial charge in [0, 0.05) is 11.6 Å². The van der Waals surface area contributed by atoms with Crippen LogP contribution in [0, 0.1) is 5.92 Å². The Morgan fingerprint density at radius 2 is 1.86 bits per heavy atom. The summed E-state index contributed by atoms with van der Waals surface area (Å²) in [4.78, 5) is 0. The van der Waals surface area contributed by atoms with E-state index in [1.54, 1.807) is 0 Å². The molecule has 0 fully saturated rings. The fraction of sp³-hybridized carbons (Fsp3) is 0.500. The first-order valence-corrected chi connectivity index (χ1v) is 5.08. The van der Waals surface area contributed by atoms with E-state index in [1.165, 1.54) is 0 Å². The molecule has 1 unspecified atom stereocenters. The zero-order chi connectivity index (χ0) is 10.6. The molecule has 78 valence electrons. The third-order valence-corrected chi connectivity index (χ3v) is 1.98. The van der Waals surface area contributed by atoms with Crippen molar-refractivity contribution >= 4 is 0 Å². The summed E-state index contributed by atoms with van der Waals surface area (Å²) in [6, 6.07) is 7.97. The molecule has 2 heteroatoms. The Balaban J connectivity index is 2.74. The van der Waals surface area contributed by atoms with Crippen LogP contribution in [0.25, 0.3) is 0 Å². The topological polar surface area (TPSA) is 35.2 Å². The monoisotopic (exact) mass is 193 g/mol. The first kappa shape index (κ1) is 11.1. The molecule has 0 spiro atoms. The van der Waals surface area contributed by atoms with Crippen LogP contribution in [0.15, 0.2) is 24.3 Å². The molecule has 0 aliphatic carbocycles. The molecule has 0 saturated carbocycles. The van der Waals surface area contributed by atoms with Gasteiger partial charge < -0.3 is 10.5 Å². The van der Waals surface area contributed by atoms with Crippen LogP contribution in [0.5, 0.6) is 5.75 Å². The molecule has 14 heavy (non-hydrogen) atoms. The van der Waals surface area contributed by atoms with Crippen LogP contribution in [0.4, 0.5) is 0 Å². The average molecular weight is 193 g/mol. The Kier molecular flexibility index (Phi) is 3.96. The van der Waals surface area contributed by atoms with Crippen LogP contribution in [0.1, 0.15) is 32.4 Å². The van der Waals surface area contributed by atoms with Crippen molar-refractivity contribution in [2.75, 3.05) is 6.61 Å². The maximum absolute atomic E-state index is 5.84. The molecule has 0 aliphatic heterocycles. The van der Waals surface area contributed by atoms with Crippen LogP contribution in [0.3, 0.4) is 0 Å². The van der Waals surface area contributed by atoms with Crippen molar-refractivity contribution in [1.82, 2.24) is 0 Å². The van der Waals surface area contributed by atoms with E-state index in [1.807, 2.05) is 31.2 Å². The highest BCUT2D eigenvalue weighted by molar-refractivity contribution is 5.35. The lowest BCUT2D eigenvalue weighted by molar-refractivity contribution is 0.267. The smallest absolute Gasteiger partial charge is 0.124 e. The van der Waals surface area contributed by atoms with Gasteiger partial charge in [0.15, 0.2) is 0 Å². The first-order valence-electron chi connectivity index (χ1n) is 5.08. The molecule has 0 aliphatic rings. The van der Waals surface area contributed by atoms with Crippen LogP contribution in [0.2, 0.25) is 0 Å². The highest BCUT2D eigenvalue weighted by atomic mass is 16.5. The number of nitrogens with two attached hydrogens (primary N) is 1. The van der Waals surface area contributed by atoms with Gasteiger partial charge >= 0.3 is 0 Å². The molecule has 1 aromatic carbocycles. The number of rotatable bonds is 4. The van der Waals surface area contributed by atoms with Gasteiger partial charge in [-0.25, -0.2) is 0 Å². The number of hydrogen-bond donors (Lipinski definition) is 1. The van der Waals surface area contributed by atoms with Gasteiger partial charge in [-0.05, 0) is 18.9 Å². The van der Waals surface area contributed by atoms with E-state index >= 15 is 0 Å². The molecule has 1 atom stereocenters. The largest absolute Gasteiger partial charge is 0.493 e. The molecule has 2 N–H and O–H groups in total. The highest BCUT2D eigenvalue weighted by Gasteiger charge is 2.07. The van der Waals surface area contributed by atoms with Crippen LogP contribution in [-0.2, 0) is 0 Å². The fourth-order valence-electron chi connectivity index (χ4n) is 1.24. The van der Waals surface area contributed by atoms with Crippen molar-refractivity contribution in [2.24, 2.45) is 11.7 Å². The molecular formula is C12H19NO. The second kappa shape index (κ2) is 5.01. The van der Waals surface area contributed by atoms with Gasteiger partial charge in [-0.3, -0.25) is 0 Å². The van der Waals surface area contributed by atoms with Crippen LogP contribution < -0.4 is 10.5 Å². The maximum Gasteiger partial charge on any atom is 0.124 e.